The predicted molar refractivity (Wildman–Crippen MR) is 280 cm³/mol. The molecule has 0 radical (unpaired) electrons. The summed E-state index contributed by atoms with van der Waals surface area (Å²) in [5, 5.41) is 6.69. The van der Waals surface area contributed by atoms with E-state index in [0.717, 1.165) is 88.2 Å². The molecule has 14 rings (SSSR count). The van der Waals surface area contributed by atoms with E-state index >= 15 is 0 Å². The van der Waals surface area contributed by atoms with E-state index in [4.69, 9.17) is 34.3 Å². The van der Waals surface area contributed by atoms with Crippen LogP contribution in [0.5, 0.6) is 0 Å². The molecule has 0 N–H and O–H groups in total. The zero-order chi connectivity index (χ0) is 45.4. The maximum absolute atomic E-state index is 6.35. The molecule has 5 aromatic heterocycles. The van der Waals surface area contributed by atoms with Crippen molar-refractivity contribution in [2.45, 2.75) is 0 Å². The molecule has 0 saturated heterocycles. The fourth-order valence-corrected chi connectivity index (χ4v) is 10.9. The third-order valence-electron chi connectivity index (χ3n) is 12.9. The number of thiophene rings is 1. The summed E-state index contributed by atoms with van der Waals surface area (Å²) in [6, 6.07) is 72.8. The van der Waals surface area contributed by atoms with E-state index in [9.17, 15) is 0 Å². The summed E-state index contributed by atoms with van der Waals surface area (Å²) < 4.78 is 11.1. The van der Waals surface area contributed by atoms with Gasteiger partial charge in [-0.1, -0.05) is 152 Å². The van der Waals surface area contributed by atoms with Crippen LogP contribution < -0.4 is 0 Å². The van der Waals surface area contributed by atoms with Crippen molar-refractivity contribution in [3.63, 3.8) is 0 Å². The normalized spacial score (nSPS) is 11.8. The highest BCUT2D eigenvalue weighted by molar-refractivity contribution is 7.25. The number of para-hydroxylation sites is 3. The topological polar surface area (TPSA) is 95.4 Å². The zero-order valence-electron chi connectivity index (χ0n) is 36.7. The van der Waals surface area contributed by atoms with Crippen LogP contribution >= 0.6 is 11.3 Å². The largest absolute Gasteiger partial charge is 0.456 e. The molecule has 0 fully saturated rings. The maximum atomic E-state index is 6.35. The second kappa shape index (κ2) is 15.7. The Bertz CT molecular complexity index is 4280. The van der Waals surface area contributed by atoms with Crippen LogP contribution in [0.25, 0.3) is 138 Å². The van der Waals surface area contributed by atoms with Gasteiger partial charge in [0.25, 0.3) is 0 Å². The van der Waals surface area contributed by atoms with Gasteiger partial charge < -0.3 is 8.98 Å². The first kappa shape index (κ1) is 39.0. The number of rotatable bonds is 7. The van der Waals surface area contributed by atoms with Crippen LogP contribution in [-0.2, 0) is 0 Å². The molecule has 8 nitrogen and oxygen atoms in total. The summed E-state index contributed by atoms with van der Waals surface area (Å²) >= 11 is 1.78. The molecule has 5 heterocycles. The lowest BCUT2D eigenvalue weighted by Crippen LogP contribution is -2.05. The van der Waals surface area contributed by atoms with E-state index in [1.54, 1.807) is 11.3 Å². The van der Waals surface area contributed by atoms with Crippen LogP contribution in [0.4, 0.5) is 0 Å². The van der Waals surface area contributed by atoms with Gasteiger partial charge in [-0.3, -0.25) is 0 Å². The van der Waals surface area contributed by atoms with Gasteiger partial charge in [0, 0.05) is 75.1 Å². The van der Waals surface area contributed by atoms with Gasteiger partial charge in [0.1, 0.15) is 11.2 Å². The average molecular weight is 902 g/mol. The number of fused-ring (bicyclic) bond motifs is 9. The van der Waals surface area contributed by atoms with Crippen molar-refractivity contribution in [2.75, 3.05) is 0 Å². The number of furan rings is 1. The molecule has 0 aliphatic carbocycles. The number of nitrogens with zero attached hydrogens (tertiary/aromatic N) is 7. The molecule has 0 spiro atoms. The van der Waals surface area contributed by atoms with Gasteiger partial charge in [0.2, 0.25) is 0 Å². The highest BCUT2D eigenvalue weighted by Gasteiger charge is 2.23. The molecule has 322 valence electrons. The molecule has 14 aromatic rings. The van der Waals surface area contributed by atoms with E-state index < -0.39 is 0 Å². The van der Waals surface area contributed by atoms with Gasteiger partial charge in [-0.05, 0) is 60.7 Å². The molecular weight excluding hydrogens is 867 g/mol. The summed E-state index contributed by atoms with van der Waals surface area (Å²) in [6.07, 6.45) is 0. The van der Waals surface area contributed by atoms with Gasteiger partial charge in [0.05, 0.1) is 16.7 Å². The SMILES string of the molecule is c1ccc(-c2nc(-c3ccc(-n4c5ccccc5c5ccccc54)c(-c4nc(-c5ccccc5)nc(-c5cccc6sc7ccccc7c56)n4)c3)nc(-c3ccc4c(c3)oc3ccccc34)n2)cc1. The fraction of sp³-hybridized carbons (Fsp3) is 0. The van der Waals surface area contributed by atoms with E-state index in [0.29, 0.717) is 34.9 Å². The monoisotopic (exact) mass is 901 g/mol. The van der Waals surface area contributed by atoms with Crippen LogP contribution in [0.15, 0.2) is 217 Å². The minimum absolute atomic E-state index is 0.505. The lowest BCUT2D eigenvalue weighted by Gasteiger charge is -2.16. The first-order chi connectivity index (χ1) is 34.2. The number of hydrogen-bond donors (Lipinski definition) is 0. The molecule has 9 aromatic carbocycles. The molecule has 0 unspecified atom stereocenters. The van der Waals surface area contributed by atoms with Gasteiger partial charge >= 0.3 is 0 Å². The molecule has 0 amide bonds. The third-order valence-corrected chi connectivity index (χ3v) is 14.1. The fourth-order valence-electron chi connectivity index (χ4n) is 9.74. The van der Waals surface area contributed by atoms with Crippen molar-refractivity contribution in [3.05, 3.63) is 212 Å². The Hall–Kier alpha value is -9.18. The second-order valence-corrected chi connectivity index (χ2v) is 18.1. The van der Waals surface area contributed by atoms with E-state index in [1.807, 2.05) is 84.9 Å². The van der Waals surface area contributed by atoms with Gasteiger partial charge in [-0.2, -0.15) is 0 Å². The van der Waals surface area contributed by atoms with Crippen LogP contribution in [0.2, 0.25) is 0 Å². The van der Waals surface area contributed by atoms with Crippen LogP contribution in [0, 0.1) is 0 Å². The minimum atomic E-state index is 0.505. The van der Waals surface area contributed by atoms with Crippen molar-refractivity contribution < 1.29 is 4.42 Å². The first-order valence-electron chi connectivity index (χ1n) is 22.8. The van der Waals surface area contributed by atoms with Crippen LogP contribution in [-0.4, -0.2) is 34.5 Å². The summed E-state index contributed by atoms with van der Waals surface area (Å²) in [7, 11) is 0. The Balaban J connectivity index is 1.04. The molecule has 9 heteroatoms. The highest BCUT2D eigenvalue weighted by atomic mass is 32.1. The average Bonchev–Trinajstić information content (AvgIpc) is 4.10. The van der Waals surface area contributed by atoms with Gasteiger partial charge in [0.15, 0.2) is 34.9 Å². The molecule has 69 heavy (non-hydrogen) atoms. The van der Waals surface area contributed by atoms with Crippen LogP contribution in [0.3, 0.4) is 0 Å². The summed E-state index contributed by atoms with van der Waals surface area (Å²) in [5.41, 5.74) is 9.70. The number of benzene rings is 9. The number of aromatic nitrogens is 7. The molecule has 0 bridgehead atoms. The molecule has 0 saturated carbocycles. The van der Waals surface area contributed by atoms with E-state index in [-0.39, 0.29) is 0 Å². The Morgan fingerprint density at radius 2 is 0.812 bits per heavy atom. The first-order valence-corrected chi connectivity index (χ1v) is 23.6. The van der Waals surface area contributed by atoms with Gasteiger partial charge in [-0.25, -0.2) is 29.9 Å². The van der Waals surface area contributed by atoms with E-state index in [1.165, 1.54) is 14.8 Å². The van der Waals surface area contributed by atoms with Crippen molar-refractivity contribution in [3.8, 4) is 74.0 Å². The Labute approximate surface area is 398 Å². The zero-order valence-corrected chi connectivity index (χ0v) is 37.5. The van der Waals surface area contributed by atoms with E-state index in [2.05, 4.69) is 132 Å². The third kappa shape index (κ3) is 6.51. The molecular formula is C60H35N7OS. The van der Waals surface area contributed by atoms with Crippen molar-refractivity contribution in [1.82, 2.24) is 34.5 Å². The summed E-state index contributed by atoms with van der Waals surface area (Å²) in [4.78, 5) is 31.7. The second-order valence-electron chi connectivity index (χ2n) is 17.0. The van der Waals surface area contributed by atoms with Crippen LogP contribution in [0.1, 0.15) is 0 Å². The summed E-state index contributed by atoms with van der Waals surface area (Å²) in [6.45, 7) is 0. The Kier molecular flexibility index (Phi) is 8.90. The smallest absolute Gasteiger partial charge is 0.166 e. The molecule has 0 aliphatic rings. The Morgan fingerprint density at radius 1 is 0.319 bits per heavy atom. The minimum Gasteiger partial charge on any atom is -0.456 e. The quantitative estimate of drug-likeness (QED) is 0.157. The lowest BCUT2D eigenvalue weighted by molar-refractivity contribution is 0.669. The van der Waals surface area contributed by atoms with Crippen molar-refractivity contribution in [2.24, 2.45) is 0 Å². The van der Waals surface area contributed by atoms with Gasteiger partial charge in [-0.15, -0.1) is 11.3 Å². The van der Waals surface area contributed by atoms with Crippen molar-refractivity contribution >= 4 is 75.3 Å². The van der Waals surface area contributed by atoms with Crippen molar-refractivity contribution in [1.29, 1.82) is 0 Å². The number of hydrogen-bond acceptors (Lipinski definition) is 8. The molecule has 0 aliphatic heterocycles. The predicted octanol–water partition coefficient (Wildman–Crippen LogP) is 15.4. The Morgan fingerprint density at radius 3 is 1.51 bits per heavy atom. The summed E-state index contributed by atoms with van der Waals surface area (Å²) in [5.74, 6) is 3.26. The maximum Gasteiger partial charge on any atom is 0.166 e. The standard InChI is InChI=1S/C60H35N7OS/c1-3-16-36(17-4-1)55-61-57(63-58(62-55)39-30-32-43-42-22-9-13-27-50(42)68-51(43)35-39)38-31-33-49(67-47-25-11-7-20-40(47)41-21-8-12-26-48(41)67)46(34-38)60-65-56(37-18-5-2-6-19-37)64-59(66-60)45-24-15-29-53-54(45)44-23-10-14-28-52(44)69-53/h1-35H. The lowest BCUT2D eigenvalue weighted by atomic mass is 10.0. The highest BCUT2D eigenvalue weighted by Crippen LogP contribution is 2.42. The molecule has 0 atom stereocenters.